The van der Waals surface area contributed by atoms with Gasteiger partial charge in [0.05, 0.1) is 21.9 Å². The van der Waals surface area contributed by atoms with Gasteiger partial charge in [0.2, 0.25) is 5.91 Å². The van der Waals surface area contributed by atoms with Gasteiger partial charge in [-0.3, -0.25) is 14.5 Å². The second-order valence-corrected chi connectivity index (χ2v) is 10.2. The lowest BCUT2D eigenvalue weighted by atomic mass is 10.1. The van der Waals surface area contributed by atoms with Crippen molar-refractivity contribution in [1.29, 1.82) is 5.26 Å². The molecule has 9 heteroatoms. The molecule has 0 radical (unpaired) electrons. The first-order valence-electron chi connectivity index (χ1n) is 11.5. The van der Waals surface area contributed by atoms with Gasteiger partial charge in [-0.05, 0) is 73.9 Å². The molecule has 1 aliphatic heterocycles. The molecule has 3 aromatic carbocycles. The molecule has 6 nitrogen and oxygen atoms in total. The van der Waals surface area contributed by atoms with E-state index in [4.69, 9.17) is 27.9 Å². The van der Waals surface area contributed by atoms with Gasteiger partial charge in [0.15, 0.2) is 0 Å². The van der Waals surface area contributed by atoms with Gasteiger partial charge >= 0.3 is 0 Å². The number of anilines is 2. The Kier molecular flexibility index (Phi) is 8.45. The third-order valence-electron chi connectivity index (χ3n) is 5.62. The van der Waals surface area contributed by atoms with Gasteiger partial charge in [0.1, 0.15) is 22.4 Å². The van der Waals surface area contributed by atoms with E-state index >= 15 is 0 Å². The van der Waals surface area contributed by atoms with E-state index in [2.05, 4.69) is 5.32 Å². The quantitative estimate of drug-likeness (QED) is 0.259. The first-order chi connectivity index (χ1) is 17.8. The summed E-state index contributed by atoms with van der Waals surface area (Å²) in [5, 5.41) is 13.2. The van der Waals surface area contributed by atoms with Crippen molar-refractivity contribution in [2.45, 2.75) is 25.5 Å². The molecule has 0 aliphatic carbocycles. The number of carbonyl (C=O) groups excluding carboxylic acids is 2. The minimum atomic E-state index is -0.618. The van der Waals surface area contributed by atoms with Crippen LogP contribution in [0.5, 0.6) is 5.75 Å². The molecule has 1 aliphatic rings. The van der Waals surface area contributed by atoms with Gasteiger partial charge in [-0.2, -0.15) is 5.26 Å². The van der Waals surface area contributed by atoms with Gasteiger partial charge in [0.25, 0.3) is 5.91 Å². The van der Waals surface area contributed by atoms with Gasteiger partial charge in [0, 0.05) is 11.4 Å². The largest absolute Gasteiger partial charge is 0.494 e. The van der Waals surface area contributed by atoms with E-state index in [1.807, 2.05) is 32.0 Å². The number of halogens is 2. The smallest absolute Gasteiger partial charge is 0.269 e. The zero-order valence-corrected chi connectivity index (χ0v) is 22.5. The Labute approximate surface area is 229 Å². The number of aryl methyl sites for hydroxylation is 1. The summed E-state index contributed by atoms with van der Waals surface area (Å²) < 4.78 is 5.52. The molecule has 188 valence electrons. The van der Waals surface area contributed by atoms with Crippen molar-refractivity contribution in [3.8, 4) is 11.8 Å². The molecule has 1 atom stereocenters. The molecule has 37 heavy (non-hydrogen) atoms. The highest BCUT2D eigenvalue weighted by Gasteiger charge is 2.41. The molecule has 1 N–H and O–H groups in total. The Morgan fingerprint density at radius 1 is 1.14 bits per heavy atom. The predicted octanol–water partition coefficient (Wildman–Crippen LogP) is 6.77. The van der Waals surface area contributed by atoms with Crippen LogP contribution in [0.3, 0.4) is 0 Å². The fraction of sp³-hybridized carbons (Fsp3) is 0.179. The SMILES string of the molecule is CCOc1ccc(N2C(=O)C(Cc3cccc(Cl)c3Cl)S/C2=C(/C#N)C(=O)Nc2cccc(C)c2)cc1. The van der Waals surface area contributed by atoms with Crippen molar-refractivity contribution in [2.75, 3.05) is 16.8 Å². The molecule has 1 saturated heterocycles. The van der Waals surface area contributed by atoms with Gasteiger partial charge in [-0.15, -0.1) is 0 Å². The summed E-state index contributed by atoms with van der Waals surface area (Å²) >= 11 is 13.7. The van der Waals surface area contributed by atoms with E-state index < -0.39 is 11.2 Å². The van der Waals surface area contributed by atoms with Gasteiger partial charge < -0.3 is 10.1 Å². The van der Waals surface area contributed by atoms with Crippen LogP contribution >= 0.6 is 35.0 Å². The highest BCUT2D eigenvalue weighted by atomic mass is 35.5. The normalized spacial score (nSPS) is 16.4. The fourth-order valence-electron chi connectivity index (χ4n) is 3.90. The van der Waals surface area contributed by atoms with E-state index in [9.17, 15) is 14.9 Å². The Morgan fingerprint density at radius 3 is 2.54 bits per heavy atom. The number of rotatable bonds is 7. The summed E-state index contributed by atoms with van der Waals surface area (Å²) in [5.41, 5.74) is 2.59. The minimum Gasteiger partial charge on any atom is -0.494 e. The number of carbonyl (C=O) groups is 2. The van der Waals surface area contributed by atoms with E-state index in [0.717, 1.165) is 17.3 Å². The molecule has 1 heterocycles. The molecule has 0 spiro atoms. The number of thioether (sulfide) groups is 1. The Hall–Kier alpha value is -3.44. The summed E-state index contributed by atoms with van der Waals surface area (Å²) in [7, 11) is 0. The Bertz CT molecular complexity index is 1420. The number of benzene rings is 3. The molecule has 3 aromatic rings. The van der Waals surface area contributed by atoms with E-state index in [1.54, 1.807) is 54.6 Å². The number of ether oxygens (including phenoxy) is 1. The minimum absolute atomic E-state index is 0.159. The number of hydrogen-bond donors (Lipinski definition) is 1. The van der Waals surface area contributed by atoms with Crippen LogP contribution in [0.15, 0.2) is 77.3 Å². The number of nitriles is 1. The maximum atomic E-state index is 13.7. The van der Waals surface area contributed by atoms with Crippen LogP contribution in [-0.2, 0) is 16.0 Å². The monoisotopic (exact) mass is 551 g/mol. The topological polar surface area (TPSA) is 82.4 Å². The van der Waals surface area contributed by atoms with Crippen molar-refractivity contribution in [3.05, 3.63) is 98.5 Å². The summed E-state index contributed by atoms with van der Waals surface area (Å²) in [6.45, 7) is 4.29. The highest BCUT2D eigenvalue weighted by molar-refractivity contribution is 8.05. The summed E-state index contributed by atoms with van der Waals surface area (Å²) in [5.74, 6) is -0.215. The molecular weight excluding hydrogens is 529 g/mol. The fourth-order valence-corrected chi connectivity index (χ4v) is 5.60. The first kappa shape index (κ1) is 26.6. The molecule has 0 bridgehead atoms. The molecular formula is C28H23Cl2N3O3S. The number of amides is 2. The summed E-state index contributed by atoms with van der Waals surface area (Å²) in [4.78, 5) is 28.3. The van der Waals surface area contributed by atoms with Crippen LogP contribution in [-0.4, -0.2) is 23.7 Å². The van der Waals surface area contributed by atoms with Crippen LogP contribution in [0.1, 0.15) is 18.1 Å². The van der Waals surface area contributed by atoms with Crippen molar-refractivity contribution < 1.29 is 14.3 Å². The lowest BCUT2D eigenvalue weighted by Crippen LogP contribution is -2.31. The lowest BCUT2D eigenvalue weighted by Gasteiger charge is -2.19. The Morgan fingerprint density at radius 2 is 1.86 bits per heavy atom. The van der Waals surface area contributed by atoms with Crippen LogP contribution < -0.4 is 15.0 Å². The van der Waals surface area contributed by atoms with Crippen molar-refractivity contribution >= 4 is 58.2 Å². The lowest BCUT2D eigenvalue weighted by molar-refractivity contribution is -0.117. The van der Waals surface area contributed by atoms with Crippen LogP contribution in [0.25, 0.3) is 0 Å². The molecule has 1 fully saturated rings. The maximum Gasteiger partial charge on any atom is 0.269 e. The van der Waals surface area contributed by atoms with E-state index in [1.165, 1.54) is 4.90 Å². The van der Waals surface area contributed by atoms with E-state index in [-0.39, 0.29) is 22.9 Å². The standard InChI is InChI=1S/C28H23Cl2N3O3S/c1-3-36-21-12-10-20(11-13-21)33-27(35)24(15-18-7-5-9-23(29)25(18)30)37-28(33)22(16-31)26(34)32-19-8-4-6-17(2)14-19/h4-14,24H,3,15H2,1-2H3,(H,32,34)/b28-22-. The molecule has 1 unspecified atom stereocenters. The van der Waals surface area contributed by atoms with Crippen molar-refractivity contribution in [2.24, 2.45) is 0 Å². The highest BCUT2D eigenvalue weighted by Crippen LogP contribution is 2.43. The molecule has 0 aromatic heterocycles. The average Bonchev–Trinajstić information content (AvgIpc) is 3.18. The first-order valence-corrected chi connectivity index (χ1v) is 13.1. The number of nitrogens with one attached hydrogen (secondary N) is 1. The maximum absolute atomic E-state index is 13.7. The van der Waals surface area contributed by atoms with Crippen LogP contribution in [0.4, 0.5) is 11.4 Å². The zero-order chi connectivity index (χ0) is 26.5. The second kappa shape index (κ2) is 11.7. The zero-order valence-electron chi connectivity index (χ0n) is 20.1. The van der Waals surface area contributed by atoms with Crippen molar-refractivity contribution in [1.82, 2.24) is 0 Å². The van der Waals surface area contributed by atoms with E-state index in [0.29, 0.717) is 39.3 Å². The Balaban J connectivity index is 1.74. The molecule has 4 rings (SSSR count). The third-order valence-corrected chi connectivity index (χ3v) is 7.75. The molecule has 2 amide bonds. The number of nitrogens with zero attached hydrogens (tertiary/aromatic N) is 2. The van der Waals surface area contributed by atoms with Gasteiger partial charge in [-0.1, -0.05) is 59.2 Å². The predicted molar refractivity (Wildman–Crippen MR) is 149 cm³/mol. The summed E-state index contributed by atoms with van der Waals surface area (Å²) in [6, 6.07) is 21.5. The summed E-state index contributed by atoms with van der Waals surface area (Å²) in [6.07, 6.45) is 0.276. The number of hydrogen-bond acceptors (Lipinski definition) is 5. The second-order valence-electron chi connectivity index (χ2n) is 8.24. The van der Waals surface area contributed by atoms with Crippen molar-refractivity contribution in [3.63, 3.8) is 0 Å². The molecule has 0 saturated carbocycles. The van der Waals surface area contributed by atoms with Gasteiger partial charge in [-0.25, -0.2) is 0 Å². The van der Waals surface area contributed by atoms with Crippen LogP contribution in [0.2, 0.25) is 10.0 Å². The van der Waals surface area contributed by atoms with Crippen LogP contribution in [0, 0.1) is 18.3 Å². The third kappa shape index (κ3) is 5.94. The average molecular weight is 552 g/mol.